The van der Waals surface area contributed by atoms with Crippen molar-refractivity contribution in [3.63, 3.8) is 0 Å². The lowest BCUT2D eigenvalue weighted by Gasteiger charge is -2.04. The summed E-state index contributed by atoms with van der Waals surface area (Å²) in [7, 11) is 1.60. The van der Waals surface area contributed by atoms with Gasteiger partial charge in [0, 0.05) is 17.0 Å². The van der Waals surface area contributed by atoms with E-state index in [1.165, 1.54) is 0 Å². The Morgan fingerprint density at radius 3 is 2.93 bits per heavy atom. The van der Waals surface area contributed by atoms with Crippen LogP contribution in [0.3, 0.4) is 0 Å². The smallest absolute Gasteiger partial charge is 0.157 e. The summed E-state index contributed by atoms with van der Waals surface area (Å²) in [6.45, 7) is 0.371. The van der Waals surface area contributed by atoms with Gasteiger partial charge in [0.05, 0.1) is 5.52 Å². The fourth-order valence-electron chi connectivity index (χ4n) is 1.37. The molecule has 15 heavy (non-hydrogen) atoms. The van der Waals surface area contributed by atoms with Crippen LogP contribution in [0.4, 0.5) is 5.82 Å². The predicted molar refractivity (Wildman–Crippen MR) is 62.4 cm³/mol. The molecule has 0 bridgehead atoms. The highest BCUT2D eigenvalue weighted by Gasteiger charge is 2.05. The minimum Gasteiger partial charge on any atom is -0.383 e. The number of nitrogens with zero attached hydrogens (tertiary/aromatic N) is 2. The van der Waals surface area contributed by atoms with Crippen molar-refractivity contribution in [2.24, 2.45) is 0 Å². The van der Waals surface area contributed by atoms with E-state index in [1.807, 2.05) is 18.2 Å². The molecule has 0 radical (unpaired) electrons. The molecule has 1 heterocycles. The van der Waals surface area contributed by atoms with E-state index in [2.05, 4.69) is 25.9 Å². The van der Waals surface area contributed by atoms with Crippen LogP contribution in [-0.2, 0) is 11.3 Å². The van der Waals surface area contributed by atoms with Crippen molar-refractivity contribution in [3.05, 3.63) is 28.5 Å². The number of hydrogen-bond donors (Lipinski definition) is 1. The SMILES string of the molecule is COCc1nc(N)c2cc(Br)ccc2n1. The van der Waals surface area contributed by atoms with E-state index in [4.69, 9.17) is 10.5 Å². The first-order valence-electron chi connectivity index (χ1n) is 4.41. The lowest BCUT2D eigenvalue weighted by Crippen LogP contribution is -2.01. The van der Waals surface area contributed by atoms with Gasteiger partial charge in [0.15, 0.2) is 5.82 Å². The van der Waals surface area contributed by atoms with E-state index < -0.39 is 0 Å². The van der Waals surface area contributed by atoms with E-state index in [0.717, 1.165) is 15.4 Å². The number of fused-ring (bicyclic) bond motifs is 1. The average Bonchev–Trinajstić information content (AvgIpc) is 2.20. The minimum atomic E-state index is 0.371. The first kappa shape index (κ1) is 10.3. The van der Waals surface area contributed by atoms with Crippen molar-refractivity contribution >= 4 is 32.7 Å². The molecule has 2 rings (SSSR count). The molecular formula is C10H10BrN3O. The van der Waals surface area contributed by atoms with Crippen molar-refractivity contribution in [2.75, 3.05) is 12.8 Å². The Morgan fingerprint density at radius 2 is 2.20 bits per heavy atom. The van der Waals surface area contributed by atoms with Gasteiger partial charge in [-0.15, -0.1) is 0 Å². The molecule has 0 amide bonds. The molecule has 78 valence electrons. The molecule has 0 saturated heterocycles. The van der Waals surface area contributed by atoms with Crippen LogP contribution in [-0.4, -0.2) is 17.1 Å². The van der Waals surface area contributed by atoms with E-state index in [9.17, 15) is 0 Å². The molecule has 5 heteroatoms. The zero-order valence-electron chi connectivity index (χ0n) is 8.20. The monoisotopic (exact) mass is 267 g/mol. The van der Waals surface area contributed by atoms with E-state index in [1.54, 1.807) is 7.11 Å². The maximum Gasteiger partial charge on any atom is 0.157 e. The van der Waals surface area contributed by atoms with Crippen molar-refractivity contribution in [3.8, 4) is 0 Å². The van der Waals surface area contributed by atoms with Crippen LogP contribution in [0.15, 0.2) is 22.7 Å². The number of aromatic nitrogens is 2. The Morgan fingerprint density at radius 1 is 1.40 bits per heavy atom. The van der Waals surface area contributed by atoms with Gasteiger partial charge in [-0.1, -0.05) is 15.9 Å². The number of benzene rings is 1. The molecule has 4 nitrogen and oxygen atoms in total. The number of ether oxygens (including phenoxy) is 1. The molecule has 0 unspecified atom stereocenters. The molecule has 0 fully saturated rings. The summed E-state index contributed by atoms with van der Waals surface area (Å²) < 4.78 is 5.93. The Bertz CT molecular complexity index is 501. The lowest BCUT2D eigenvalue weighted by atomic mass is 10.2. The molecule has 0 spiro atoms. The first-order valence-corrected chi connectivity index (χ1v) is 5.20. The topological polar surface area (TPSA) is 61.0 Å². The standard InChI is InChI=1S/C10H10BrN3O/c1-15-5-9-13-8-3-2-6(11)4-7(8)10(12)14-9/h2-4H,5H2,1H3,(H2,12,13,14). The van der Waals surface area contributed by atoms with E-state index in [-0.39, 0.29) is 0 Å². The Kier molecular flexibility index (Phi) is 2.83. The Balaban J connectivity index is 2.62. The van der Waals surface area contributed by atoms with Gasteiger partial charge in [0.1, 0.15) is 12.4 Å². The number of halogens is 1. The summed E-state index contributed by atoms with van der Waals surface area (Å²) in [5, 5.41) is 0.851. The molecule has 0 saturated carbocycles. The molecule has 2 N–H and O–H groups in total. The number of hydrogen-bond acceptors (Lipinski definition) is 4. The van der Waals surface area contributed by atoms with Gasteiger partial charge in [-0.3, -0.25) is 0 Å². The summed E-state index contributed by atoms with van der Waals surface area (Å²) in [6.07, 6.45) is 0. The number of anilines is 1. The van der Waals surface area contributed by atoms with Crippen LogP contribution in [0.2, 0.25) is 0 Å². The summed E-state index contributed by atoms with van der Waals surface area (Å²) >= 11 is 3.38. The largest absolute Gasteiger partial charge is 0.383 e. The second-order valence-electron chi connectivity index (χ2n) is 3.12. The average molecular weight is 268 g/mol. The number of methoxy groups -OCH3 is 1. The molecule has 0 aliphatic carbocycles. The Labute approximate surface area is 95.6 Å². The number of nitrogens with two attached hydrogens (primary N) is 1. The zero-order chi connectivity index (χ0) is 10.8. The number of rotatable bonds is 2. The van der Waals surface area contributed by atoms with E-state index in [0.29, 0.717) is 18.2 Å². The second kappa shape index (κ2) is 4.12. The first-order chi connectivity index (χ1) is 7.20. The van der Waals surface area contributed by atoms with Gasteiger partial charge in [-0.25, -0.2) is 9.97 Å². The summed E-state index contributed by atoms with van der Waals surface area (Å²) in [5.74, 6) is 1.08. The van der Waals surface area contributed by atoms with Crippen LogP contribution in [0, 0.1) is 0 Å². The van der Waals surface area contributed by atoms with Crippen LogP contribution >= 0.6 is 15.9 Å². The highest BCUT2D eigenvalue weighted by Crippen LogP contribution is 2.22. The minimum absolute atomic E-state index is 0.371. The van der Waals surface area contributed by atoms with Gasteiger partial charge in [-0.2, -0.15) is 0 Å². The Hall–Kier alpha value is -1.20. The van der Waals surface area contributed by atoms with Gasteiger partial charge in [0.25, 0.3) is 0 Å². The lowest BCUT2D eigenvalue weighted by molar-refractivity contribution is 0.178. The van der Waals surface area contributed by atoms with Crippen molar-refractivity contribution in [1.82, 2.24) is 9.97 Å². The molecule has 1 aromatic carbocycles. The molecule has 0 aliphatic rings. The van der Waals surface area contributed by atoms with Crippen LogP contribution in [0.5, 0.6) is 0 Å². The summed E-state index contributed by atoms with van der Waals surface area (Å²) in [4.78, 5) is 8.48. The maximum absolute atomic E-state index is 5.83. The normalized spacial score (nSPS) is 10.8. The zero-order valence-corrected chi connectivity index (χ0v) is 9.78. The fourth-order valence-corrected chi connectivity index (χ4v) is 1.73. The quantitative estimate of drug-likeness (QED) is 0.906. The fraction of sp³-hybridized carbons (Fsp3) is 0.200. The third-order valence-electron chi connectivity index (χ3n) is 2.01. The van der Waals surface area contributed by atoms with Crippen molar-refractivity contribution in [1.29, 1.82) is 0 Å². The van der Waals surface area contributed by atoms with Crippen molar-refractivity contribution < 1.29 is 4.74 Å². The molecule has 2 aromatic rings. The van der Waals surface area contributed by atoms with Gasteiger partial charge < -0.3 is 10.5 Å². The molecular weight excluding hydrogens is 258 g/mol. The second-order valence-corrected chi connectivity index (χ2v) is 4.04. The molecule has 0 aliphatic heterocycles. The molecule has 0 atom stereocenters. The summed E-state index contributed by atoms with van der Waals surface area (Å²) in [5.41, 5.74) is 6.66. The highest BCUT2D eigenvalue weighted by molar-refractivity contribution is 9.10. The van der Waals surface area contributed by atoms with Crippen molar-refractivity contribution in [2.45, 2.75) is 6.61 Å². The van der Waals surface area contributed by atoms with Crippen LogP contribution < -0.4 is 5.73 Å². The highest BCUT2D eigenvalue weighted by atomic mass is 79.9. The molecule has 1 aromatic heterocycles. The third kappa shape index (κ3) is 2.08. The van der Waals surface area contributed by atoms with Gasteiger partial charge in [-0.05, 0) is 18.2 Å². The van der Waals surface area contributed by atoms with Gasteiger partial charge >= 0.3 is 0 Å². The predicted octanol–water partition coefficient (Wildman–Crippen LogP) is 2.12. The number of nitrogen functional groups attached to an aromatic ring is 1. The van der Waals surface area contributed by atoms with Crippen LogP contribution in [0.25, 0.3) is 10.9 Å². The van der Waals surface area contributed by atoms with E-state index >= 15 is 0 Å². The summed E-state index contributed by atoms with van der Waals surface area (Å²) in [6, 6.07) is 5.73. The van der Waals surface area contributed by atoms with Crippen LogP contribution in [0.1, 0.15) is 5.82 Å². The van der Waals surface area contributed by atoms with Gasteiger partial charge in [0.2, 0.25) is 0 Å². The third-order valence-corrected chi connectivity index (χ3v) is 2.50. The maximum atomic E-state index is 5.83.